The van der Waals surface area contributed by atoms with Crippen molar-refractivity contribution in [2.45, 2.75) is 39.7 Å². The molecule has 1 aromatic rings. The highest BCUT2D eigenvalue weighted by Gasteiger charge is 2.42. The summed E-state index contributed by atoms with van der Waals surface area (Å²) in [5.41, 5.74) is 1.32. The summed E-state index contributed by atoms with van der Waals surface area (Å²) in [4.78, 5) is 24.8. The summed E-state index contributed by atoms with van der Waals surface area (Å²) in [5, 5.41) is 15.0. The van der Waals surface area contributed by atoms with E-state index >= 15 is 0 Å². The predicted molar refractivity (Wildman–Crippen MR) is 89.0 cm³/mol. The predicted octanol–water partition coefficient (Wildman–Crippen LogP) is 1.64. The molecule has 5 nitrogen and oxygen atoms in total. The van der Waals surface area contributed by atoms with Crippen molar-refractivity contribution < 1.29 is 14.7 Å². The largest absolute Gasteiger partial charge is 0.396 e. The van der Waals surface area contributed by atoms with Gasteiger partial charge < -0.3 is 15.7 Å². The number of hydrogen-bond donors (Lipinski definition) is 3. The fourth-order valence-electron chi connectivity index (χ4n) is 2.53. The number of aliphatic hydroxyl groups excluding tert-OH is 1. The number of hydrogen-bond acceptors (Lipinski definition) is 3. The molecule has 1 aliphatic carbocycles. The Labute approximate surface area is 137 Å². The Morgan fingerprint density at radius 2 is 1.91 bits per heavy atom. The number of nitrogens with one attached hydrogen (secondary N) is 2. The lowest BCUT2D eigenvalue weighted by atomic mass is 10.0. The number of rotatable bonds is 7. The van der Waals surface area contributed by atoms with E-state index in [0.717, 1.165) is 18.4 Å². The van der Waals surface area contributed by atoms with E-state index in [1.165, 1.54) is 0 Å². The first-order valence-electron chi connectivity index (χ1n) is 8.13. The highest BCUT2D eigenvalue weighted by molar-refractivity contribution is 5.98. The zero-order chi connectivity index (χ0) is 17.0. The Morgan fingerprint density at radius 3 is 2.43 bits per heavy atom. The second-order valence-corrected chi connectivity index (χ2v) is 6.89. The molecule has 1 saturated carbocycles. The van der Waals surface area contributed by atoms with Gasteiger partial charge in [0.15, 0.2) is 0 Å². The zero-order valence-electron chi connectivity index (χ0n) is 14.1. The molecular weight excluding hydrogens is 292 g/mol. The third kappa shape index (κ3) is 4.32. The average molecular weight is 318 g/mol. The standard InChI is InChI=1S/C18H26N2O3/c1-12(2)15(17(23)19-10-18(11-21)8-9-18)20-16(22)14-7-5-4-6-13(14)3/h4-7,12,15,21H,8-11H2,1-3H3,(H,19,23)(H,20,22). The minimum atomic E-state index is -0.586. The van der Waals surface area contributed by atoms with Gasteiger partial charge in [-0.2, -0.15) is 0 Å². The monoisotopic (exact) mass is 318 g/mol. The lowest BCUT2D eigenvalue weighted by Crippen LogP contribution is -2.51. The summed E-state index contributed by atoms with van der Waals surface area (Å²) < 4.78 is 0. The maximum absolute atomic E-state index is 12.4. The second kappa shape index (κ2) is 7.13. The molecule has 23 heavy (non-hydrogen) atoms. The first-order chi connectivity index (χ1) is 10.9. The Morgan fingerprint density at radius 1 is 1.26 bits per heavy atom. The molecule has 0 heterocycles. The fourth-order valence-corrected chi connectivity index (χ4v) is 2.53. The number of amides is 2. The van der Waals surface area contributed by atoms with Gasteiger partial charge in [0.1, 0.15) is 6.04 Å². The molecule has 1 aliphatic rings. The van der Waals surface area contributed by atoms with Crippen LogP contribution in [0.2, 0.25) is 0 Å². The molecule has 1 atom stereocenters. The molecule has 2 rings (SSSR count). The van der Waals surface area contributed by atoms with Crippen molar-refractivity contribution in [2.24, 2.45) is 11.3 Å². The van der Waals surface area contributed by atoms with Crippen LogP contribution in [0, 0.1) is 18.3 Å². The maximum Gasteiger partial charge on any atom is 0.252 e. The van der Waals surface area contributed by atoms with Gasteiger partial charge in [0.25, 0.3) is 5.91 Å². The van der Waals surface area contributed by atoms with Crippen molar-refractivity contribution in [3.63, 3.8) is 0 Å². The van der Waals surface area contributed by atoms with Gasteiger partial charge in [0.2, 0.25) is 5.91 Å². The van der Waals surface area contributed by atoms with E-state index in [1.807, 2.05) is 39.0 Å². The number of aliphatic hydroxyl groups is 1. The molecule has 1 aromatic carbocycles. The minimum Gasteiger partial charge on any atom is -0.396 e. The Balaban J connectivity index is 1.99. The molecule has 0 spiro atoms. The molecule has 1 unspecified atom stereocenters. The van der Waals surface area contributed by atoms with E-state index in [-0.39, 0.29) is 29.8 Å². The van der Waals surface area contributed by atoms with Crippen LogP contribution in [0.25, 0.3) is 0 Å². The van der Waals surface area contributed by atoms with Crippen molar-refractivity contribution in [2.75, 3.05) is 13.2 Å². The van der Waals surface area contributed by atoms with Gasteiger partial charge in [-0.05, 0) is 37.3 Å². The molecule has 1 fully saturated rings. The van der Waals surface area contributed by atoms with Crippen LogP contribution in [0.4, 0.5) is 0 Å². The highest BCUT2D eigenvalue weighted by Crippen LogP contribution is 2.44. The van der Waals surface area contributed by atoms with Gasteiger partial charge in [-0.15, -0.1) is 0 Å². The summed E-state index contributed by atoms with van der Waals surface area (Å²) in [6.45, 7) is 6.24. The zero-order valence-corrected chi connectivity index (χ0v) is 14.1. The van der Waals surface area contributed by atoms with E-state index in [9.17, 15) is 14.7 Å². The van der Waals surface area contributed by atoms with E-state index < -0.39 is 6.04 Å². The van der Waals surface area contributed by atoms with Crippen molar-refractivity contribution >= 4 is 11.8 Å². The van der Waals surface area contributed by atoms with Gasteiger partial charge in [-0.3, -0.25) is 9.59 Å². The molecule has 0 aromatic heterocycles. The van der Waals surface area contributed by atoms with Crippen molar-refractivity contribution in [3.05, 3.63) is 35.4 Å². The summed E-state index contributed by atoms with van der Waals surface area (Å²) in [6, 6.07) is 6.73. The van der Waals surface area contributed by atoms with Crippen LogP contribution in [-0.2, 0) is 4.79 Å². The summed E-state index contributed by atoms with van der Waals surface area (Å²) >= 11 is 0. The Hall–Kier alpha value is -1.88. The molecule has 0 aliphatic heterocycles. The first kappa shape index (κ1) is 17.5. The molecular formula is C18H26N2O3. The SMILES string of the molecule is Cc1ccccc1C(=O)NC(C(=O)NCC1(CO)CC1)C(C)C. The molecule has 0 radical (unpaired) electrons. The number of benzene rings is 1. The minimum absolute atomic E-state index is 0.0211. The van der Waals surface area contributed by atoms with E-state index in [4.69, 9.17) is 0 Å². The molecule has 3 N–H and O–H groups in total. The Bertz CT molecular complexity index is 579. The van der Waals surface area contributed by atoms with Gasteiger partial charge in [0, 0.05) is 17.5 Å². The van der Waals surface area contributed by atoms with Crippen LogP contribution in [0.1, 0.15) is 42.6 Å². The smallest absolute Gasteiger partial charge is 0.252 e. The topological polar surface area (TPSA) is 78.4 Å². The molecule has 5 heteroatoms. The summed E-state index contributed by atoms with van der Waals surface area (Å²) in [6.07, 6.45) is 1.87. The van der Waals surface area contributed by atoms with Gasteiger partial charge >= 0.3 is 0 Å². The van der Waals surface area contributed by atoms with Crippen LogP contribution in [0.3, 0.4) is 0 Å². The second-order valence-electron chi connectivity index (χ2n) is 6.89. The van der Waals surface area contributed by atoms with Gasteiger partial charge in [-0.1, -0.05) is 32.0 Å². The van der Waals surface area contributed by atoms with Gasteiger partial charge in [-0.25, -0.2) is 0 Å². The van der Waals surface area contributed by atoms with Crippen LogP contribution in [0.15, 0.2) is 24.3 Å². The summed E-state index contributed by atoms with van der Waals surface area (Å²) in [5.74, 6) is -0.450. The third-order valence-corrected chi connectivity index (χ3v) is 4.56. The highest BCUT2D eigenvalue weighted by atomic mass is 16.3. The molecule has 0 bridgehead atoms. The lowest BCUT2D eigenvalue weighted by Gasteiger charge is -2.23. The average Bonchev–Trinajstić information content (AvgIpc) is 3.31. The third-order valence-electron chi connectivity index (χ3n) is 4.56. The maximum atomic E-state index is 12.4. The number of aryl methyl sites for hydroxylation is 1. The van der Waals surface area contributed by atoms with Crippen LogP contribution < -0.4 is 10.6 Å². The van der Waals surface area contributed by atoms with E-state index in [1.54, 1.807) is 6.07 Å². The van der Waals surface area contributed by atoms with Crippen molar-refractivity contribution in [3.8, 4) is 0 Å². The van der Waals surface area contributed by atoms with Crippen molar-refractivity contribution in [1.29, 1.82) is 0 Å². The molecule has 2 amide bonds. The quantitative estimate of drug-likeness (QED) is 0.715. The number of carbonyl (C=O) groups is 2. The van der Waals surface area contributed by atoms with Crippen molar-refractivity contribution in [1.82, 2.24) is 10.6 Å². The first-order valence-corrected chi connectivity index (χ1v) is 8.13. The summed E-state index contributed by atoms with van der Waals surface area (Å²) in [7, 11) is 0. The van der Waals surface area contributed by atoms with Crippen LogP contribution in [-0.4, -0.2) is 36.1 Å². The number of carbonyl (C=O) groups excluding carboxylic acids is 2. The molecule has 126 valence electrons. The van der Waals surface area contributed by atoms with Gasteiger partial charge in [0.05, 0.1) is 6.61 Å². The van der Waals surface area contributed by atoms with Crippen LogP contribution in [0.5, 0.6) is 0 Å². The van der Waals surface area contributed by atoms with Crippen LogP contribution >= 0.6 is 0 Å². The molecule has 0 saturated heterocycles. The normalized spacial score (nSPS) is 16.7. The van der Waals surface area contributed by atoms with E-state index in [0.29, 0.717) is 12.1 Å². The Kier molecular flexibility index (Phi) is 5.42. The van der Waals surface area contributed by atoms with E-state index in [2.05, 4.69) is 10.6 Å². The fraction of sp³-hybridized carbons (Fsp3) is 0.556. The lowest BCUT2D eigenvalue weighted by molar-refractivity contribution is -0.124.